The van der Waals surface area contributed by atoms with Crippen molar-refractivity contribution in [3.8, 4) is 0 Å². The molecule has 3 N–H and O–H groups in total. The zero-order chi connectivity index (χ0) is 30.0. The van der Waals surface area contributed by atoms with Crippen molar-refractivity contribution in [2.24, 2.45) is 0 Å². The molecule has 0 aliphatic carbocycles. The molecule has 4 rings (SSSR count). The van der Waals surface area contributed by atoms with Crippen molar-refractivity contribution in [3.05, 3.63) is 66.1 Å². The summed E-state index contributed by atoms with van der Waals surface area (Å²) in [4.78, 5) is 0. The first-order chi connectivity index (χ1) is 17.4. The molecule has 0 spiro atoms. The van der Waals surface area contributed by atoms with Crippen LogP contribution in [0.4, 0.5) is 0 Å². The average Bonchev–Trinajstić information content (AvgIpc) is 3.08. The van der Waals surface area contributed by atoms with Crippen molar-refractivity contribution < 1.29 is 29.4 Å². The fraction of sp³-hybridized carbons (Fsp3) is 0.667. The van der Waals surface area contributed by atoms with E-state index in [0.29, 0.717) is 14.2 Å². The summed E-state index contributed by atoms with van der Waals surface area (Å²) in [7, 11) is 0. The molecule has 3 aliphatic rings. The lowest BCUT2D eigenvalue weighted by atomic mass is 9.84. The molecule has 216 valence electrons. The fourth-order valence-corrected chi connectivity index (χ4v) is 5.38. The van der Waals surface area contributed by atoms with E-state index >= 15 is 0 Å². The maximum Gasteiger partial charge on any atom is 0.381 e. The average molecular weight is 547 g/mol. The highest BCUT2D eigenvalue weighted by Crippen LogP contribution is 2.31. The van der Waals surface area contributed by atoms with E-state index in [-0.39, 0.29) is 34.2 Å². The minimum Gasteiger partial charge on any atom is -0.624 e. The van der Waals surface area contributed by atoms with Gasteiger partial charge in [-0.15, -0.1) is 14.2 Å². The second-order valence-electron chi connectivity index (χ2n) is 14.3. The lowest BCUT2D eigenvalue weighted by Crippen LogP contribution is -3.18. The lowest BCUT2D eigenvalue weighted by molar-refractivity contribution is -0.805. The largest absolute Gasteiger partial charge is 0.624 e. The third-order valence-electron chi connectivity index (χ3n) is 10.8. The molecule has 0 amide bonds. The summed E-state index contributed by atoms with van der Waals surface area (Å²) < 4.78 is 1.98. The quantitative estimate of drug-likeness (QED) is 0.336. The van der Waals surface area contributed by atoms with Crippen LogP contribution in [0.15, 0.2) is 18.2 Å². The van der Waals surface area contributed by atoms with E-state index in [1.165, 1.54) is 18.2 Å². The van der Waals surface area contributed by atoms with Crippen LogP contribution in [0.3, 0.4) is 0 Å². The van der Waals surface area contributed by atoms with E-state index in [1.54, 1.807) is 83.1 Å². The second-order valence-corrected chi connectivity index (χ2v) is 14.3. The maximum absolute atomic E-state index is 13.6. The Balaban J connectivity index is 2.08. The summed E-state index contributed by atoms with van der Waals surface area (Å²) in [5.41, 5.74) is -5.97. The Morgan fingerprint density at radius 2 is 0.615 bits per heavy atom. The first-order valence-electron chi connectivity index (χ1n) is 13.2. The summed E-state index contributed by atoms with van der Waals surface area (Å²) in [6, 6.07) is 4.42. The molecule has 39 heavy (non-hydrogen) atoms. The summed E-state index contributed by atoms with van der Waals surface area (Å²) in [5.74, 6) is -0.425. The number of quaternary nitrogens is 3. The molecule has 12 heteroatoms. The SMILES string of the molecule is CC1(C)[N+]([O-])=C(c2cc(C3=[N+]([O-])C(C)(C)C(C)(C)[NH+]3[O-])cc(C3=[N+]([O-])C(C)(C)C(C)(C)[NH+]3[O-])c2)[NH+]([O-])C1(C)C. The molecule has 0 fully saturated rings. The minimum atomic E-state index is -1.09. The maximum atomic E-state index is 13.6. The monoisotopic (exact) mass is 546 g/mol. The van der Waals surface area contributed by atoms with Gasteiger partial charge >= 0.3 is 17.5 Å². The number of amidine groups is 3. The van der Waals surface area contributed by atoms with Crippen LogP contribution in [0.25, 0.3) is 0 Å². The first kappa shape index (κ1) is 29.4. The lowest BCUT2D eigenvalue weighted by Gasteiger charge is -2.35. The molecule has 0 saturated carbocycles. The van der Waals surface area contributed by atoms with Gasteiger partial charge in [-0.25, -0.2) is 0 Å². The van der Waals surface area contributed by atoms with E-state index in [2.05, 4.69) is 0 Å². The molecule has 3 heterocycles. The third kappa shape index (κ3) is 3.36. The van der Waals surface area contributed by atoms with Gasteiger partial charge in [0, 0.05) is 41.5 Å². The third-order valence-corrected chi connectivity index (χ3v) is 10.8. The van der Waals surface area contributed by atoms with Crippen LogP contribution >= 0.6 is 0 Å². The molecule has 12 nitrogen and oxygen atoms in total. The van der Waals surface area contributed by atoms with E-state index in [0.717, 1.165) is 0 Å². The fourth-order valence-electron chi connectivity index (χ4n) is 5.38. The van der Waals surface area contributed by atoms with E-state index in [1.807, 2.05) is 0 Å². The van der Waals surface area contributed by atoms with Gasteiger partial charge in [-0.3, -0.25) is 15.2 Å². The second kappa shape index (κ2) is 7.99. The van der Waals surface area contributed by atoms with Crippen LogP contribution in [-0.4, -0.2) is 65.0 Å². The van der Waals surface area contributed by atoms with Crippen LogP contribution < -0.4 is 15.2 Å². The molecule has 3 aliphatic heterocycles. The van der Waals surface area contributed by atoms with Gasteiger partial charge in [-0.1, -0.05) is 0 Å². The van der Waals surface area contributed by atoms with E-state index in [4.69, 9.17) is 0 Å². The molecule has 3 atom stereocenters. The number of rotatable bonds is 3. The molecule has 1 aromatic rings. The Bertz CT molecular complexity index is 1180. The van der Waals surface area contributed by atoms with Gasteiger partial charge in [-0.05, 0) is 59.7 Å². The first-order valence-corrected chi connectivity index (χ1v) is 13.2. The summed E-state index contributed by atoms with van der Waals surface area (Å²) in [6.45, 7) is 20.2. The van der Waals surface area contributed by atoms with Gasteiger partial charge in [0.1, 0.15) is 16.7 Å². The zero-order valence-electron chi connectivity index (χ0n) is 25.0. The van der Waals surface area contributed by atoms with Gasteiger partial charge in [0.15, 0.2) is 16.6 Å². The number of hydroxylamine groups is 9. The Morgan fingerprint density at radius 3 is 0.744 bits per heavy atom. The predicted octanol–water partition coefficient (Wildman–Crippen LogP) is -0.682. The topological polar surface area (TPSA) is 161 Å². The van der Waals surface area contributed by atoms with Crippen LogP contribution in [0, 0.1) is 31.2 Å². The van der Waals surface area contributed by atoms with E-state index in [9.17, 15) is 31.2 Å². The van der Waals surface area contributed by atoms with Crippen molar-refractivity contribution in [2.45, 2.75) is 116 Å². The molecular weight excluding hydrogens is 504 g/mol. The molecule has 0 radical (unpaired) electrons. The van der Waals surface area contributed by atoms with Crippen LogP contribution in [-0.2, 0) is 0 Å². The van der Waals surface area contributed by atoms with Gasteiger partial charge < -0.3 is 31.2 Å². The van der Waals surface area contributed by atoms with Crippen molar-refractivity contribution in [2.75, 3.05) is 0 Å². The zero-order valence-corrected chi connectivity index (χ0v) is 25.0. The van der Waals surface area contributed by atoms with E-state index < -0.39 is 48.4 Å². The number of nitrogens with zero attached hydrogens (tertiary/aromatic N) is 3. The van der Waals surface area contributed by atoms with Gasteiger partial charge in [0.25, 0.3) is 0 Å². The Kier molecular flexibility index (Phi) is 6.02. The van der Waals surface area contributed by atoms with Gasteiger partial charge in [-0.2, -0.15) is 0 Å². The normalized spacial score (nSPS) is 31.9. The number of benzene rings is 1. The van der Waals surface area contributed by atoms with Crippen LogP contribution in [0.1, 0.15) is 99.8 Å². The molecule has 0 aromatic heterocycles. The van der Waals surface area contributed by atoms with Crippen molar-refractivity contribution in [1.29, 1.82) is 0 Å². The molecular formula is C27H42N6O6. The molecule has 3 unspecified atom stereocenters. The number of hydrogen-bond acceptors (Lipinski definition) is 6. The smallest absolute Gasteiger partial charge is 0.381 e. The standard InChI is InChI=1S/C27H42N6O6/c1-22(2)23(3,4)29(35)19(28(22)34)16-13-17(20-30(36)24(5,6)25(7,8)31(20)37)15-18(14-16)21-32(38)26(9,10)27(11,12)33(21)39/h13-15,28,30,32H,1-12H3. The highest BCUT2D eigenvalue weighted by atomic mass is 16.6. The van der Waals surface area contributed by atoms with Gasteiger partial charge in [0.2, 0.25) is 16.6 Å². The van der Waals surface area contributed by atoms with Crippen LogP contribution in [0.5, 0.6) is 0 Å². The van der Waals surface area contributed by atoms with Crippen LogP contribution in [0.2, 0.25) is 0 Å². The molecule has 0 bridgehead atoms. The Morgan fingerprint density at radius 1 is 0.436 bits per heavy atom. The van der Waals surface area contributed by atoms with Crippen molar-refractivity contribution in [3.63, 3.8) is 0 Å². The Hall–Kier alpha value is -2.61. The highest BCUT2D eigenvalue weighted by molar-refractivity contribution is 6.00. The van der Waals surface area contributed by atoms with Gasteiger partial charge in [0.05, 0.1) is 0 Å². The minimum absolute atomic E-state index is 0.142. The van der Waals surface area contributed by atoms with Crippen molar-refractivity contribution >= 4 is 17.5 Å². The highest BCUT2D eigenvalue weighted by Gasteiger charge is 2.63. The summed E-state index contributed by atoms with van der Waals surface area (Å²) in [5, 5.41) is 80.3. The summed E-state index contributed by atoms with van der Waals surface area (Å²) in [6.07, 6.45) is 0. The van der Waals surface area contributed by atoms with Crippen molar-refractivity contribution in [1.82, 2.24) is 0 Å². The number of hydrogen-bond donors (Lipinski definition) is 3. The Labute approximate surface area is 229 Å². The predicted molar refractivity (Wildman–Crippen MR) is 147 cm³/mol. The number of nitrogens with one attached hydrogen (secondary N) is 3. The summed E-state index contributed by atoms with van der Waals surface area (Å²) >= 11 is 0. The molecule has 1 aromatic carbocycles. The molecule has 0 saturated heterocycles.